The Balaban J connectivity index is 3.58. The standard InChI is InChI=1S/C13H24O/c1-4-6-8-10-12-13(14-3)11-9-7-5-2/h13H,4-9,11H2,1-3H3. The number of hydrogen-bond acceptors (Lipinski definition) is 1. The second-order valence-electron chi connectivity index (χ2n) is 3.64. The van der Waals surface area contributed by atoms with Crippen molar-refractivity contribution >= 4 is 0 Å². The van der Waals surface area contributed by atoms with E-state index in [-0.39, 0.29) is 6.10 Å². The van der Waals surface area contributed by atoms with Crippen LogP contribution in [-0.2, 0) is 4.74 Å². The highest BCUT2D eigenvalue weighted by molar-refractivity contribution is 5.04. The fourth-order valence-corrected chi connectivity index (χ4v) is 1.28. The van der Waals surface area contributed by atoms with Crippen LogP contribution >= 0.6 is 0 Å². The third kappa shape index (κ3) is 8.13. The SMILES string of the molecule is CCCCC#CC(CCCCC)OC. The van der Waals surface area contributed by atoms with Gasteiger partial charge in [-0.05, 0) is 19.3 Å². The molecule has 0 heterocycles. The normalized spacial score (nSPS) is 11.9. The lowest BCUT2D eigenvalue weighted by Crippen LogP contribution is -2.06. The molecule has 1 atom stereocenters. The van der Waals surface area contributed by atoms with Crippen molar-refractivity contribution in [1.29, 1.82) is 0 Å². The largest absolute Gasteiger partial charge is 0.369 e. The molecule has 0 fully saturated rings. The number of rotatable bonds is 7. The van der Waals surface area contributed by atoms with Crippen molar-refractivity contribution in [3.63, 3.8) is 0 Å². The van der Waals surface area contributed by atoms with E-state index in [2.05, 4.69) is 25.7 Å². The second-order valence-corrected chi connectivity index (χ2v) is 3.64. The quantitative estimate of drug-likeness (QED) is 0.445. The van der Waals surface area contributed by atoms with Gasteiger partial charge < -0.3 is 4.74 Å². The first-order valence-electron chi connectivity index (χ1n) is 5.86. The van der Waals surface area contributed by atoms with E-state index < -0.39 is 0 Å². The maximum absolute atomic E-state index is 5.30. The summed E-state index contributed by atoms with van der Waals surface area (Å²) in [7, 11) is 1.76. The Morgan fingerprint density at radius 1 is 1.07 bits per heavy atom. The van der Waals surface area contributed by atoms with Gasteiger partial charge in [-0.25, -0.2) is 0 Å². The molecule has 0 aliphatic carbocycles. The van der Waals surface area contributed by atoms with E-state index in [4.69, 9.17) is 4.74 Å². The summed E-state index contributed by atoms with van der Waals surface area (Å²) in [6, 6.07) is 0. The van der Waals surface area contributed by atoms with Crippen LogP contribution in [0.5, 0.6) is 0 Å². The molecule has 0 saturated heterocycles. The highest BCUT2D eigenvalue weighted by Crippen LogP contribution is 2.05. The van der Waals surface area contributed by atoms with Gasteiger partial charge in [0.05, 0.1) is 0 Å². The van der Waals surface area contributed by atoms with Crippen LogP contribution in [0.4, 0.5) is 0 Å². The molecule has 0 aromatic heterocycles. The zero-order chi connectivity index (χ0) is 10.6. The van der Waals surface area contributed by atoms with E-state index in [9.17, 15) is 0 Å². The van der Waals surface area contributed by atoms with Crippen molar-refractivity contribution in [3.8, 4) is 11.8 Å². The Bertz CT molecular complexity index is 164. The van der Waals surface area contributed by atoms with Crippen molar-refractivity contribution in [2.24, 2.45) is 0 Å². The Labute approximate surface area is 89.2 Å². The Morgan fingerprint density at radius 2 is 1.79 bits per heavy atom. The molecule has 0 aliphatic heterocycles. The summed E-state index contributed by atoms with van der Waals surface area (Å²) in [5.74, 6) is 6.38. The monoisotopic (exact) mass is 196 g/mol. The summed E-state index contributed by atoms with van der Waals surface area (Å²) >= 11 is 0. The number of methoxy groups -OCH3 is 1. The Morgan fingerprint density at radius 3 is 2.36 bits per heavy atom. The number of ether oxygens (including phenoxy) is 1. The first-order chi connectivity index (χ1) is 6.85. The molecule has 0 aromatic rings. The molecule has 0 aliphatic rings. The average Bonchev–Trinajstić information content (AvgIpc) is 2.22. The summed E-state index contributed by atoms with van der Waals surface area (Å²) in [5, 5.41) is 0. The van der Waals surface area contributed by atoms with E-state index in [1.54, 1.807) is 7.11 Å². The maximum Gasteiger partial charge on any atom is 0.117 e. The third-order valence-corrected chi connectivity index (χ3v) is 2.27. The van der Waals surface area contributed by atoms with Crippen molar-refractivity contribution in [1.82, 2.24) is 0 Å². The van der Waals surface area contributed by atoms with E-state index in [1.807, 2.05) is 0 Å². The van der Waals surface area contributed by atoms with Gasteiger partial charge in [-0.2, -0.15) is 0 Å². The second kappa shape index (κ2) is 10.6. The van der Waals surface area contributed by atoms with Gasteiger partial charge in [-0.3, -0.25) is 0 Å². The van der Waals surface area contributed by atoms with Gasteiger partial charge in [0.15, 0.2) is 0 Å². The predicted molar refractivity (Wildman–Crippen MR) is 62.2 cm³/mol. The summed E-state index contributed by atoms with van der Waals surface area (Å²) in [5.41, 5.74) is 0. The highest BCUT2D eigenvalue weighted by Gasteiger charge is 2.00. The van der Waals surface area contributed by atoms with E-state index >= 15 is 0 Å². The zero-order valence-electron chi connectivity index (χ0n) is 9.94. The molecule has 1 unspecified atom stereocenters. The fourth-order valence-electron chi connectivity index (χ4n) is 1.28. The first kappa shape index (κ1) is 13.5. The van der Waals surface area contributed by atoms with Crippen LogP contribution < -0.4 is 0 Å². The zero-order valence-corrected chi connectivity index (χ0v) is 9.94. The van der Waals surface area contributed by atoms with Crippen LogP contribution in [-0.4, -0.2) is 13.2 Å². The van der Waals surface area contributed by atoms with Gasteiger partial charge in [-0.15, -0.1) is 5.92 Å². The summed E-state index contributed by atoms with van der Waals surface area (Å²) in [6.45, 7) is 4.41. The third-order valence-electron chi connectivity index (χ3n) is 2.27. The molecule has 14 heavy (non-hydrogen) atoms. The molecule has 0 N–H and O–H groups in total. The molecule has 0 spiro atoms. The molecule has 0 aromatic carbocycles. The van der Waals surface area contributed by atoms with Crippen LogP contribution in [0.15, 0.2) is 0 Å². The van der Waals surface area contributed by atoms with Gasteiger partial charge in [0.2, 0.25) is 0 Å². The Kier molecular flexibility index (Phi) is 10.2. The maximum atomic E-state index is 5.30. The van der Waals surface area contributed by atoms with Gasteiger partial charge in [0, 0.05) is 13.5 Å². The minimum Gasteiger partial charge on any atom is -0.369 e. The van der Waals surface area contributed by atoms with E-state index in [1.165, 1.54) is 32.1 Å². The minimum atomic E-state index is 0.165. The van der Waals surface area contributed by atoms with Crippen LogP contribution in [0.1, 0.15) is 58.8 Å². The molecular formula is C13H24O. The van der Waals surface area contributed by atoms with Gasteiger partial charge >= 0.3 is 0 Å². The van der Waals surface area contributed by atoms with Crippen LogP contribution in [0.3, 0.4) is 0 Å². The topological polar surface area (TPSA) is 9.23 Å². The van der Waals surface area contributed by atoms with Crippen molar-refractivity contribution < 1.29 is 4.74 Å². The van der Waals surface area contributed by atoms with Gasteiger partial charge in [-0.1, -0.05) is 39.0 Å². The lowest BCUT2D eigenvalue weighted by molar-refractivity contribution is 0.138. The fraction of sp³-hybridized carbons (Fsp3) is 0.846. The summed E-state index contributed by atoms with van der Waals surface area (Å²) < 4.78 is 5.30. The van der Waals surface area contributed by atoms with Crippen LogP contribution in [0.25, 0.3) is 0 Å². The van der Waals surface area contributed by atoms with Crippen molar-refractivity contribution in [2.75, 3.05) is 7.11 Å². The minimum absolute atomic E-state index is 0.165. The van der Waals surface area contributed by atoms with E-state index in [0.29, 0.717) is 0 Å². The van der Waals surface area contributed by atoms with Crippen molar-refractivity contribution in [2.45, 2.75) is 64.9 Å². The molecule has 0 radical (unpaired) electrons. The molecule has 82 valence electrons. The Hall–Kier alpha value is -0.480. The first-order valence-corrected chi connectivity index (χ1v) is 5.86. The molecule has 0 bridgehead atoms. The summed E-state index contributed by atoms with van der Waals surface area (Å²) in [4.78, 5) is 0. The molecule has 0 amide bonds. The predicted octanol–water partition coefficient (Wildman–Crippen LogP) is 3.78. The average molecular weight is 196 g/mol. The summed E-state index contributed by atoms with van der Waals surface area (Å²) in [6.07, 6.45) is 8.49. The lowest BCUT2D eigenvalue weighted by Gasteiger charge is -2.07. The molecule has 0 saturated carbocycles. The highest BCUT2D eigenvalue weighted by atomic mass is 16.5. The van der Waals surface area contributed by atoms with Gasteiger partial charge in [0.25, 0.3) is 0 Å². The smallest absolute Gasteiger partial charge is 0.117 e. The van der Waals surface area contributed by atoms with E-state index in [0.717, 1.165) is 12.8 Å². The lowest BCUT2D eigenvalue weighted by atomic mass is 10.1. The van der Waals surface area contributed by atoms with Gasteiger partial charge in [0.1, 0.15) is 6.10 Å². The number of unbranched alkanes of at least 4 members (excludes halogenated alkanes) is 4. The number of hydrogen-bond donors (Lipinski definition) is 0. The van der Waals surface area contributed by atoms with Crippen LogP contribution in [0.2, 0.25) is 0 Å². The van der Waals surface area contributed by atoms with Crippen LogP contribution in [0, 0.1) is 11.8 Å². The molecule has 0 rings (SSSR count). The van der Waals surface area contributed by atoms with Crippen molar-refractivity contribution in [3.05, 3.63) is 0 Å². The molecule has 1 nitrogen and oxygen atoms in total. The molecule has 1 heteroatoms. The molecular weight excluding hydrogens is 172 g/mol.